The van der Waals surface area contributed by atoms with Crippen LogP contribution in [0.25, 0.3) is 5.70 Å². The molecule has 7 heteroatoms. The van der Waals surface area contributed by atoms with E-state index in [0.29, 0.717) is 40.5 Å². The van der Waals surface area contributed by atoms with Crippen molar-refractivity contribution in [3.8, 4) is 11.5 Å². The SMILES string of the molecule is CCOc1ccc(C2NC(=O)NC(c3ccccc3)=C2C(=O)OC(C)C)cc1OC. The molecule has 0 fully saturated rings. The van der Waals surface area contributed by atoms with Crippen molar-refractivity contribution in [3.63, 3.8) is 0 Å². The minimum Gasteiger partial charge on any atom is -0.493 e. The highest BCUT2D eigenvalue weighted by molar-refractivity contribution is 6.04. The van der Waals surface area contributed by atoms with Crippen molar-refractivity contribution in [3.05, 3.63) is 65.2 Å². The van der Waals surface area contributed by atoms with Gasteiger partial charge in [0.25, 0.3) is 0 Å². The number of carbonyl (C=O) groups excluding carboxylic acids is 2. The summed E-state index contributed by atoms with van der Waals surface area (Å²) < 4.78 is 16.5. The number of nitrogens with one attached hydrogen (secondary N) is 2. The van der Waals surface area contributed by atoms with E-state index in [-0.39, 0.29) is 6.10 Å². The van der Waals surface area contributed by atoms with Gasteiger partial charge >= 0.3 is 12.0 Å². The minimum absolute atomic E-state index is 0.310. The molecule has 30 heavy (non-hydrogen) atoms. The van der Waals surface area contributed by atoms with Crippen LogP contribution in [0.15, 0.2) is 54.1 Å². The van der Waals surface area contributed by atoms with Crippen LogP contribution < -0.4 is 20.1 Å². The van der Waals surface area contributed by atoms with Crippen molar-refractivity contribution in [2.75, 3.05) is 13.7 Å². The van der Waals surface area contributed by atoms with Gasteiger partial charge < -0.3 is 24.8 Å². The van der Waals surface area contributed by atoms with Crippen LogP contribution in [0.4, 0.5) is 4.79 Å². The standard InChI is InChI=1S/C23H26N2O5/c1-5-29-17-12-11-16(13-18(17)28-4)21-19(22(26)30-14(2)3)20(24-23(27)25-21)15-9-7-6-8-10-15/h6-14,21H,5H2,1-4H3,(H2,24,25,27). The largest absolute Gasteiger partial charge is 0.493 e. The first-order valence-corrected chi connectivity index (χ1v) is 9.83. The van der Waals surface area contributed by atoms with Crippen molar-refractivity contribution in [1.29, 1.82) is 0 Å². The molecule has 1 aliphatic heterocycles. The molecule has 3 rings (SSSR count). The second-order valence-electron chi connectivity index (χ2n) is 6.98. The highest BCUT2D eigenvalue weighted by Gasteiger charge is 2.35. The maximum Gasteiger partial charge on any atom is 0.338 e. The summed E-state index contributed by atoms with van der Waals surface area (Å²) in [6.07, 6.45) is -0.310. The van der Waals surface area contributed by atoms with Gasteiger partial charge in [-0.15, -0.1) is 0 Å². The van der Waals surface area contributed by atoms with E-state index < -0.39 is 18.0 Å². The fraction of sp³-hybridized carbons (Fsp3) is 0.304. The van der Waals surface area contributed by atoms with Gasteiger partial charge in [-0.25, -0.2) is 9.59 Å². The van der Waals surface area contributed by atoms with Crippen molar-refractivity contribution < 1.29 is 23.8 Å². The van der Waals surface area contributed by atoms with E-state index in [0.717, 1.165) is 0 Å². The molecular weight excluding hydrogens is 384 g/mol. The monoisotopic (exact) mass is 410 g/mol. The third-order valence-electron chi connectivity index (χ3n) is 4.52. The molecule has 7 nitrogen and oxygen atoms in total. The van der Waals surface area contributed by atoms with Crippen molar-refractivity contribution in [2.45, 2.75) is 32.9 Å². The second kappa shape index (κ2) is 9.35. The number of hydrogen-bond donors (Lipinski definition) is 2. The summed E-state index contributed by atoms with van der Waals surface area (Å²) in [5.41, 5.74) is 2.13. The molecule has 1 atom stereocenters. The lowest BCUT2D eigenvalue weighted by Gasteiger charge is -2.30. The summed E-state index contributed by atoms with van der Waals surface area (Å²) in [7, 11) is 1.54. The van der Waals surface area contributed by atoms with Crippen molar-refractivity contribution in [2.24, 2.45) is 0 Å². The predicted molar refractivity (Wildman–Crippen MR) is 113 cm³/mol. The molecule has 1 heterocycles. The molecule has 2 aromatic carbocycles. The van der Waals surface area contributed by atoms with E-state index in [9.17, 15) is 9.59 Å². The van der Waals surface area contributed by atoms with Crippen LogP contribution in [0, 0.1) is 0 Å². The third kappa shape index (κ3) is 4.56. The maximum atomic E-state index is 13.1. The Morgan fingerprint density at radius 1 is 1.10 bits per heavy atom. The Balaban J connectivity index is 2.15. The number of urea groups is 1. The number of ether oxygens (including phenoxy) is 3. The number of rotatable bonds is 7. The molecule has 0 saturated heterocycles. The predicted octanol–water partition coefficient (Wildman–Crippen LogP) is 3.81. The summed E-state index contributed by atoms with van der Waals surface area (Å²) in [4.78, 5) is 25.6. The Hall–Kier alpha value is -3.48. The van der Waals surface area contributed by atoms with Crippen LogP contribution in [-0.4, -0.2) is 31.8 Å². The normalized spacial score (nSPS) is 16.0. The fourth-order valence-corrected chi connectivity index (χ4v) is 3.28. The average molecular weight is 410 g/mol. The first-order valence-electron chi connectivity index (χ1n) is 9.83. The molecule has 2 N–H and O–H groups in total. The Labute approximate surface area is 176 Å². The molecule has 1 aliphatic rings. The Bertz CT molecular complexity index is 953. The van der Waals surface area contributed by atoms with E-state index in [1.807, 2.05) is 37.3 Å². The van der Waals surface area contributed by atoms with Gasteiger partial charge in [0, 0.05) is 0 Å². The van der Waals surface area contributed by atoms with E-state index in [1.54, 1.807) is 39.2 Å². The van der Waals surface area contributed by atoms with Crippen LogP contribution in [0.1, 0.15) is 37.9 Å². The summed E-state index contributed by atoms with van der Waals surface area (Å²) in [6.45, 7) is 5.94. The van der Waals surface area contributed by atoms with Gasteiger partial charge in [0.15, 0.2) is 11.5 Å². The summed E-state index contributed by atoms with van der Waals surface area (Å²) in [5.74, 6) is 0.594. The molecule has 0 saturated carbocycles. The summed E-state index contributed by atoms with van der Waals surface area (Å²) in [6, 6.07) is 13.4. The molecule has 0 spiro atoms. The summed E-state index contributed by atoms with van der Waals surface area (Å²) >= 11 is 0. The van der Waals surface area contributed by atoms with Gasteiger partial charge in [-0.1, -0.05) is 36.4 Å². The molecule has 158 valence electrons. The topological polar surface area (TPSA) is 85.9 Å². The van der Waals surface area contributed by atoms with Crippen LogP contribution in [-0.2, 0) is 9.53 Å². The Kier molecular flexibility index (Phi) is 6.61. The second-order valence-corrected chi connectivity index (χ2v) is 6.98. The van der Waals surface area contributed by atoms with Gasteiger partial charge in [-0.2, -0.15) is 0 Å². The third-order valence-corrected chi connectivity index (χ3v) is 4.52. The number of esters is 1. The summed E-state index contributed by atoms with van der Waals surface area (Å²) in [5, 5.41) is 5.60. The van der Waals surface area contributed by atoms with Crippen LogP contribution in [0.2, 0.25) is 0 Å². The number of hydrogen-bond acceptors (Lipinski definition) is 5. The molecule has 0 aliphatic carbocycles. The Morgan fingerprint density at radius 2 is 1.83 bits per heavy atom. The number of amides is 2. The molecule has 0 aromatic heterocycles. The molecule has 0 bridgehead atoms. The van der Waals surface area contributed by atoms with Crippen LogP contribution in [0.5, 0.6) is 11.5 Å². The van der Waals surface area contributed by atoms with Gasteiger partial charge in [-0.05, 0) is 44.0 Å². The zero-order valence-corrected chi connectivity index (χ0v) is 17.5. The lowest BCUT2D eigenvalue weighted by Crippen LogP contribution is -2.45. The highest BCUT2D eigenvalue weighted by Crippen LogP contribution is 2.36. The van der Waals surface area contributed by atoms with Gasteiger partial charge in [-0.3, -0.25) is 0 Å². The van der Waals surface area contributed by atoms with Gasteiger partial charge in [0.05, 0.1) is 37.1 Å². The van der Waals surface area contributed by atoms with E-state index in [4.69, 9.17) is 14.2 Å². The van der Waals surface area contributed by atoms with Crippen LogP contribution >= 0.6 is 0 Å². The molecular formula is C23H26N2O5. The van der Waals surface area contributed by atoms with E-state index >= 15 is 0 Å². The average Bonchev–Trinajstić information content (AvgIpc) is 2.73. The molecule has 1 unspecified atom stereocenters. The zero-order chi connectivity index (χ0) is 21.7. The number of carbonyl (C=O) groups is 2. The quantitative estimate of drug-likeness (QED) is 0.678. The van der Waals surface area contributed by atoms with E-state index in [2.05, 4.69) is 10.6 Å². The lowest BCUT2D eigenvalue weighted by atomic mass is 9.92. The Morgan fingerprint density at radius 3 is 2.47 bits per heavy atom. The number of methoxy groups -OCH3 is 1. The van der Waals surface area contributed by atoms with E-state index in [1.165, 1.54) is 0 Å². The van der Waals surface area contributed by atoms with Gasteiger partial charge in [0.1, 0.15) is 0 Å². The number of benzene rings is 2. The fourth-order valence-electron chi connectivity index (χ4n) is 3.28. The highest BCUT2D eigenvalue weighted by atomic mass is 16.5. The van der Waals surface area contributed by atoms with Gasteiger partial charge in [0.2, 0.25) is 0 Å². The first kappa shape index (κ1) is 21.2. The van der Waals surface area contributed by atoms with Crippen molar-refractivity contribution >= 4 is 17.7 Å². The molecule has 2 amide bonds. The van der Waals surface area contributed by atoms with Crippen molar-refractivity contribution in [1.82, 2.24) is 10.6 Å². The maximum absolute atomic E-state index is 13.1. The minimum atomic E-state index is -0.718. The first-order chi connectivity index (χ1) is 14.4. The smallest absolute Gasteiger partial charge is 0.338 e. The molecule has 2 aromatic rings. The molecule has 0 radical (unpaired) electrons. The lowest BCUT2D eigenvalue weighted by molar-refractivity contribution is -0.143. The van der Waals surface area contributed by atoms with Crippen LogP contribution in [0.3, 0.4) is 0 Å². The zero-order valence-electron chi connectivity index (χ0n) is 17.5.